The first-order valence-corrected chi connectivity index (χ1v) is 4.90. The normalized spacial score (nSPS) is 20.2. The van der Waals surface area contributed by atoms with E-state index in [0.29, 0.717) is 11.9 Å². The van der Waals surface area contributed by atoms with Crippen LogP contribution in [0.3, 0.4) is 0 Å². The summed E-state index contributed by atoms with van der Waals surface area (Å²) < 4.78 is 5.00. The van der Waals surface area contributed by atoms with E-state index in [1.54, 1.807) is 0 Å². The Hall–Kier alpha value is -1.56. The number of aromatic nitrogens is 2. The van der Waals surface area contributed by atoms with Gasteiger partial charge in [0.15, 0.2) is 5.82 Å². The van der Waals surface area contributed by atoms with Crippen molar-refractivity contribution < 1.29 is 4.74 Å². The number of nitrogens with zero attached hydrogens (tertiary/aromatic N) is 1. The van der Waals surface area contributed by atoms with Crippen LogP contribution >= 0.6 is 0 Å². The fourth-order valence-corrected chi connectivity index (χ4v) is 1.65. The van der Waals surface area contributed by atoms with Gasteiger partial charge in [-0.1, -0.05) is 0 Å². The SMILES string of the molecule is COc1c(NC2CCNC2)nc[nH]c1=O. The highest BCUT2D eigenvalue weighted by molar-refractivity contribution is 5.48. The summed E-state index contributed by atoms with van der Waals surface area (Å²) in [4.78, 5) is 17.9. The number of anilines is 1. The van der Waals surface area contributed by atoms with E-state index in [1.165, 1.54) is 13.4 Å². The smallest absolute Gasteiger partial charge is 0.295 e. The van der Waals surface area contributed by atoms with Crippen molar-refractivity contribution in [3.05, 3.63) is 16.7 Å². The number of hydrogen-bond donors (Lipinski definition) is 3. The third-order valence-electron chi connectivity index (χ3n) is 2.42. The fourth-order valence-electron chi connectivity index (χ4n) is 1.65. The second-order valence-electron chi connectivity index (χ2n) is 3.45. The van der Waals surface area contributed by atoms with E-state index in [2.05, 4.69) is 20.6 Å². The van der Waals surface area contributed by atoms with Crippen molar-refractivity contribution >= 4 is 5.82 Å². The van der Waals surface area contributed by atoms with Crippen LogP contribution in [0.15, 0.2) is 11.1 Å². The van der Waals surface area contributed by atoms with E-state index >= 15 is 0 Å². The van der Waals surface area contributed by atoms with Crippen molar-refractivity contribution in [3.63, 3.8) is 0 Å². The highest BCUT2D eigenvalue weighted by Crippen LogP contribution is 2.16. The van der Waals surface area contributed by atoms with E-state index in [4.69, 9.17) is 4.74 Å². The van der Waals surface area contributed by atoms with Crippen LogP contribution in [0.2, 0.25) is 0 Å². The second kappa shape index (κ2) is 4.31. The van der Waals surface area contributed by atoms with Gasteiger partial charge in [0.05, 0.1) is 13.4 Å². The zero-order chi connectivity index (χ0) is 10.7. The fraction of sp³-hybridized carbons (Fsp3) is 0.556. The second-order valence-corrected chi connectivity index (χ2v) is 3.45. The Morgan fingerprint density at radius 2 is 2.53 bits per heavy atom. The van der Waals surface area contributed by atoms with Gasteiger partial charge in [0.25, 0.3) is 5.56 Å². The number of hydrogen-bond acceptors (Lipinski definition) is 5. The summed E-state index contributed by atoms with van der Waals surface area (Å²) in [5, 5.41) is 6.41. The Morgan fingerprint density at radius 3 is 3.20 bits per heavy atom. The highest BCUT2D eigenvalue weighted by Gasteiger charge is 2.17. The predicted molar refractivity (Wildman–Crippen MR) is 56.3 cm³/mol. The standard InChI is InChI=1S/C9H14N4O2/c1-15-7-8(11-5-12-9(7)14)13-6-2-3-10-4-6/h5-6,10H,2-4H2,1H3,(H2,11,12,13,14). The lowest BCUT2D eigenvalue weighted by molar-refractivity contribution is 0.407. The van der Waals surface area contributed by atoms with Crippen molar-refractivity contribution in [2.45, 2.75) is 12.5 Å². The van der Waals surface area contributed by atoms with Crippen molar-refractivity contribution in [2.75, 3.05) is 25.5 Å². The largest absolute Gasteiger partial charge is 0.489 e. The van der Waals surface area contributed by atoms with Gasteiger partial charge in [-0.05, 0) is 13.0 Å². The summed E-state index contributed by atoms with van der Waals surface area (Å²) in [6.07, 6.45) is 2.40. The molecule has 1 aliphatic rings. The molecule has 0 bridgehead atoms. The van der Waals surface area contributed by atoms with Crippen LogP contribution in [0.25, 0.3) is 0 Å². The van der Waals surface area contributed by atoms with Gasteiger partial charge >= 0.3 is 0 Å². The minimum Gasteiger partial charge on any atom is -0.489 e. The third kappa shape index (κ3) is 2.10. The van der Waals surface area contributed by atoms with Crippen LogP contribution in [0, 0.1) is 0 Å². The molecule has 6 heteroatoms. The number of methoxy groups -OCH3 is 1. The van der Waals surface area contributed by atoms with Crippen LogP contribution in [0.4, 0.5) is 5.82 Å². The molecule has 2 heterocycles. The van der Waals surface area contributed by atoms with E-state index in [-0.39, 0.29) is 11.3 Å². The Balaban J connectivity index is 2.19. The molecule has 0 spiro atoms. The summed E-state index contributed by atoms with van der Waals surface area (Å²) in [6, 6.07) is 0.313. The minimum atomic E-state index is -0.263. The Bertz CT molecular complexity index is 384. The molecule has 1 unspecified atom stereocenters. The first-order valence-electron chi connectivity index (χ1n) is 4.90. The first-order chi connectivity index (χ1) is 7.31. The predicted octanol–water partition coefficient (Wildman–Crippen LogP) is -0.448. The highest BCUT2D eigenvalue weighted by atomic mass is 16.5. The number of nitrogens with one attached hydrogen (secondary N) is 3. The maximum atomic E-state index is 11.4. The Morgan fingerprint density at radius 1 is 1.67 bits per heavy atom. The average molecular weight is 210 g/mol. The molecule has 0 saturated carbocycles. The summed E-state index contributed by atoms with van der Waals surface area (Å²) in [5.41, 5.74) is -0.263. The van der Waals surface area contributed by atoms with Crippen LogP contribution in [-0.2, 0) is 0 Å². The summed E-state index contributed by atoms with van der Waals surface area (Å²) in [5.74, 6) is 0.749. The first kappa shape index (κ1) is 9.97. The Kier molecular flexibility index (Phi) is 2.86. The molecule has 6 nitrogen and oxygen atoms in total. The van der Waals surface area contributed by atoms with Crippen LogP contribution in [0.1, 0.15) is 6.42 Å². The van der Waals surface area contributed by atoms with Crippen LogP contribution in [-0.4, -0.2) is 36.2 Å². The average Bonchev–Trinajstić information content (AvgIpc) is 2.71. The van der Waals surface area contributed by atoms with Crippen molar-refractivity contribution in [1.29, 1.82) is 0 Å². The molecule has 1 aliphatic heterocycles. The molecule has 0 radical (unpaired) electrons. The molecule has 0 aromatic carbocycles. The molecular formula is C9H14N4O2. The lowest BCUT2D eigenvalue weighted by atomic mass is 10.2. The molecule has 82 valence electrons. The molecule has 3 N–H and O–H groups in total. The van der Waals surface area contributed by atoms with Gasteiger partial charge in [0.2, 0.25) is 5.75 Å². The summed E-state index contributed by atoms with van der Waals surface area (Å²) in [7, 11) is 1.46. The maximum Gasteiger partial charge on any atom is 0.295 e. The molecule has 2 rings (SSSR count). The number of ether oxygens (including phenoxy) is 1. The van der Waals surface area contributed by atoms with Gasteiger partial charge in [0, 0.05) is 12.6 Å². The lowest BCUT2D eigenvalue weighted by Crippen LogP contribution is -2.24. The van der Waals surface area contributed by atoms with E-state index in [9.17, 15) is 4.79 Å². The molecule has 15 heavy (non-hydrogen) atoms. The molecule has 1 aromatic rings. The summed E-state index contributed by atoms with van der Waals surface area (Å²) in [6.45, 7) is 1.88. The molecule has 1 saturated heterocycles. The molecule has 1 atom stereocenters. The zero-order valence-corrected chi connectivity index (χ0v) is 8.54. The van der Waals surface area contributed by atoms with E-state index in [1.807, 2.05) is 0 Å². The zero-order valence-electron chi connectivity index (χ0n) is 8.54. The summed E-state index contributed by atoms with van der Waals surface area (Å²) >= 11 is 0. The number of rotatable bonds is 3. The molecule has 1 aromatic heterocycles. The van der Waals surface area contributed by atoms with Gasteiger partial charge in [-0.15, -0.1) is 0 Å². The Labute approximate surface area is 87.1 Å². The van der Waals surface area contributed by atoms with Gasteiger partial charge in [-0.25, -0.2) is 4.98 Å². The van der Waals surface area contributed by atoms with E-state index in [0.717, 1.165) is 19.5 Å². The molecular weight excluding hydrogens is 196 g/mol. The topological polar surface area (TPSA) is 79.0 Å². The van der Waals surface area contributed by atoms with E-state index < -0.39 is 0 Å². The van der Waals surface area contributed by atoms with Gasteiger partial charge < -0.3 is 20.4 Å². The van der Waals surface area contributed by atoms with Gasteiger partial charge in [-0.3, -0.25) is 4.79 Å². The maximum absolute atomic E-state index is 11.4. The quantitative estimate of drug-likeness (QED) is 0.630. The van der Waals surface area contributed by atoms with Crippen molar-refractivity contribution in [1.82, 2.24) is 15.3 Å². The van der Waals surface area contributed by atoms with Crippen molar-refractivity contribution in [3.8, 4) is 5.75 Å². The minimum absolute atomic E-state index is 0.240. The number of H-pyrrole nitrogens is 1. The molecule has 0 amide bonds. The molecule has 0 aliphatic carbocycles. The monoisotopic (exact) mass is 210 g/mol. The van der Waals surface area contributed by atoms with Gasteiger partial charge in [-0.2, -0.15) is 0 Å². The molecule has 1 fully saturated rings. The van der Waals surface area contributed by atoms with Crippen molar-refractivity contribution in [2.24, 2.45) is 0 Å². The number of aromatic amines is 1. The van der Waals surface area contributed by atoms with Crippen LogP contribution < -0.4 is 20.9 Å². The van der Waals surface area contributed by atoms with Gasteiger partial charge in [0.1, 0.15) is 0 Å². The van der Waals surface area contributed by atoms with Crippen LogP contribution in [0.5, 0.6) is 5.75 Å². The third-order valence-corrected chi connectivity index (χ3v) is 2.42. The lowest BCUT2D eigenvalue weighted by Gasteiger charge is -2.13.